The van der Waals surface area contributed by atoms with E-state index in [9.17, 15) is 18.3 Å². The number of sulfonamides is 1. The number of benzene rings is 1. The molecule has 1 atom stereocenters. The molecule has 1 amide bonds. The first kappa shape index (κ1) is 26.3. The average molecular weight is 556 g/mol. The van der Waals surface area contributed by atoms with E-state index in [4.69, 9.17) is 4.74 Å². The van der Waals surface area contributed by atoms with Gasteiger partial charge in [0.15, 0.2) is 0 Å². The zero-order valence-corrected chi connectivity index (χ0v) is 23.2. The summed E-state index contributed by atoms with van der Waals surface area (Å²) in [7, 11) is -3.75. The lowest BCUT2D eigenvalue weighted by atomic mass is 9.93. The highest BCUT2D eigenvalue weighted by Crippen LogP contribution is 2.54. The van der Waals surface area contributed by atoms with Crippen LogP contribution in [0.3, 0.4) is 0 Å². The van der Waals surface area contributed by atoms with Crippen LogP contribution in [0.25, 0.3) is 0 Å². The van der Waals surface area contributed by atoms with Crippen molar-refractivity contribution in [2.45, 2.75) is 56.3 Å². The van der Waals surface area contributed by atoms with Crippen LogP contribution < -0.4 is 19.8 Å². The van der Waals surface area contributed by atoms with Crippen LogP contribution in [-0.4, -0.2) is 74.7 Å². The highest BCUT2D eigenvalue weighted by Gasteiger charge is 2.54. The van der Waals surface area contributed by atoms with Crippen LogP contribution in [0.15, 0.2) is 36.4 Å². The number of carbonyl (C=O) groups is 1. The number of hydrogen-bond acceptors (Lipinski definition) is 8. The number of pyridine rings is 1. The van der Waals surface area contributed by atoms with E-state index in [0.29, 0.717) is 47.6 Å². The first-order chi connectivity index (χ1) is 18.7. The van der Waals surface area contributed by atoms with Gasteiger partial charge in [-0.15, -0.1) is 0 Å². The molecule has 1 unspecified atom stereocenters. The van der Waals surface area contributed by atoms with E-state index in [0.717, 1.165) is 44.8 Å². The van der Waals surface area contributed by atoms with Gasteiger partial charge in [0.1, 0.15) is 16.4 Å². The molecule has 0 bridgehead atoms. The summed E-state index contributed by atoms with van der Waals surface area (Å²) in [5.41, 5.74) is 2.03. The van der Waals surface area contributed by atoms with Crippen LogP contribution in [0, 0.1) is 5.41 Å². The summed E-state index contributed by atoms with van der Waals surface area (Å²) >= 11 is 0. The van der Waals surface area contributed by atoms with Crippen LogP contribution in [-0.2, 0) is 14.8 Å². The van der Waals surface area contributed by atoms with E-state index >= 15 is 0 Å². The van der Waals surface area contributed by atoms with Gasteiger partial charge in [-0.25, -0.2) is 13.4 Å². The number of aromatic nitrogens is 1. The van der Waals surface area contributed by atoms with Crippen LogP contribution in [0.5, 0.6) is 0 Å². The summed E-state index contributed by atoms with van der Waals surface area (Å²) < 4.78 is 33.1. The Balaban J connectivity index is 1.25. The van der Waals surface area contributed by atoms with E-state index in [1.807, 2.05) is 19.1 Å². The van der Waals surface area contributed by atoms with E-state index in [1.165, 1.54) is 12.8 Å². The van der Waals surface area contributed by atoms with Crippen molar-refractivity contribution < 1.29 is 23.1 Å². The second-order valence-electron chi connectivity index (χ2n) is 11.6. The molecule has 210 valence electrons. The molecule has 39 heavy (non-hydrogen) atoms. The number of nitrogens with one attached hydrogen (secondary N) is 2. The number of rotatable bonds is 8. The minimum atomic E-state index is -3.75. The maximum absolute atomic E-state index is 13.6. The lowest BCUT2D eigenvalue weighted by Gasteiger charge is -2.35. The fraction of sp³-hybridized carbons (Fsp3) is 0.571. The van der Waals surface area contributed by atoms with Crippen molar-refractivity contribution in [3.8, 4) is 0 Å². The highest BCUT2D eigenvalue weighted by molar-refractivity contribution is 7.94. The molecule has 3 heterocycles. The Morgan fingerprint density at radius 3 is 2.51 bits per heavy atom. The molecule has 1 aromatic heterocycles. The van der Waals surface area contributed by atoms with Crippen molar-refractivity contribution in [1.82, 2.24) is 4.98 Å². The Hall–Kier alpha value is -2.89. The third-order valence-corrected chi connectivity index (χ3v) is 11.0. The van der Waals surface area contributed by atoms with Crippen molar-refractivity contribution in [2.75, 3.05) is 59.2 Å². The van der Waals surface area contributed by atoms with Crippen LogP contribution in [0.1, 0.15) is 55.8 Å². The number of morpholine rings is 1. The Labute approximate surface area is 229 Å². The fourth-order valence-corrected chi connectivity index (χ4v) is 7.20. The molecule has 2 aromatic rings. The lowest BCUT2D eigenvalue weighted by molar-refractivity contribution is 0.0529. The number of nitrogens with zero attached hydrogens (tertiary/aromatic N) is 3. The van der Waals surface area contributed by atoms with Crippen molar-refractivity contribution in [1.29, 1.82) is 0 Å². The Kier molecular flexibility index (Phi) is 6.71. The predicted octanol–water partition coefficient (Wildman–Crippen LogP) is 3.21. The smallest absolute Gasteiger partial charge is 0.258 e. The fourth-order valence-electron chi connectivity index (χ4n) is 5.74. The molecule has 4 fully saturated rings. The zero-order valence-electron chi connectivity index (χ0n) is 22.4. The van der Waals surface area contributed by atoms with Gasteiger partial charge < -0.3 is 25.0 Å². The maximum Gasteiger partial charge on any atom is 0.258 e. The number of ether oxygens (including phenoxy) is 1. The van der Waals surface area contributed by atoms with E-state index in [1.54, 1.807) is 24.3 Å². The van der Waals surface area contributed by atoms with E-state index in [-0.39, 0.29) is 12.0 Å². The average Bonchev–Trinajstić information content (AvgIpc) is 3.86. The van der Waals surface area contributed by atoms with Gasteiger partial charge in [0.05, 0.1) is 36.3 Å². The van der Waals surface area contributed by atoms with Crippen LogP contribution in [0.4, 0.5) is 23.0 Å². The molecular weight excluding hydrogens is 518 g/mol. The van der Waals surface area contributed by atoms with Crippen LogP contribution in [0.2, 0.25) is 0 Å². The van der Waals surface area contributed by atoms with Gasteiger partial charge in [0.2, 0.25) is 10.0 Å². The van der Waals surface area contributed by atoms with Gasteiger partial charge in [0, 0.05) is 26.2 Å². The molecule has 0 radical (unpaired) electrons. The van der Waals surface area contributed by atoms with Gasteiger partial charge in [-0.3, -0.25) is 9.52 Å². The molecule has 11 heteroatoms. The third-order valence-electron chi connectivity index (χ3n) is 8.82. The number of piperidine rings is 1. The standard InChI is InChI=1S/C28H37N5O5S/c1-20-18-33(15-16-38-20)25-4-2-3-24(29-25)30-26(35)22-6-5-21(31-39(36,37)28(19-34)9-10-28)17-23(22)32-13-11-27(7-8-27)12-14-32/h2-6,17,20,31,34H,7-16,18-19H2,1H3,(H,29,30,35). The number of aliphatic hydroxyl groups excluding tert-OH is 1. The molecule has 2 saturated carbocycles. The first-order valence-electron chi connectivity index (χ1n) is 13.9. The second kappa shape index (κ2) is 9.94. The third kappa shape index (κ3) is 5.31. The topological polar surface area (TPSA) is 124 Å². The second-order valence-corrected chi connectivity index (χ2v) is 13.7. The molecular formula is C28H37N5O5S. The van der Waals surface area contributed by atoms with E-state index in [2.05, 4.69) is 24.8 Å². The van der Waals surface area contributed by atoms with Crippen molar-refractivity contribution in [3.05, 3.63) is 42.0 Å². The van der Waals surface area contributed by atoms with Crippen LogP contribution >= 0.6 is 0 Å². The van der Waals surface area contributed by atoms with Crippen molar-refractivity contribution in [3.63, 3.8) is 0 Å². The number of amides is 1. The number of aliphatic hydroxyl groups is 1. The molecule has 6 rings (SSSR count). The Morgan fingerprint density at radius 2 is 1.85 bits per heavy atom. The molecule has 2 saturated heterocycles. The molecule has 10 nitrogen and oxygen atoms in total. The van der Waals surface area contributed by atoms with Crippen molar-refractivity contribution in [2.24, 2.45) is 5.41 Å². The predicted molar refractivity (Wildman–Crippen MR) is 151 cm³/mol. The Bertz CT molecular complexity index is 1350. The molecule has 2 aliphatic carbocycles. The van der Waals surface area contributed by atoms with Gasteiger partial charge in [-0.2, -0.15) is 0 Å². The summed E-state index contributed by atoms with van der Waals surface area (Å²) in [5, 5.41) is 12.6. The maximum atomic E-state index is 13.6. The SMILES string of the molecule is CC1CN(c2cccc(NC(=O)c3ccc(NS(=O)(=O)C4(CO)CC4)cc3N3CCC4(CC3)CC4)n2)CCO1. The normalized spacial score (nSPS) is 23.4. The molecule has 1 spiro atoms. The van der Waals surface area contributed by atoms with Gasteiger partial charge in [-0.05, 0) is 81.2 Å². The molecule has 1 aromatic carbocycles. The summed E-state index contributed by atoms with van der Waals surface area (Å²) in [6, 6.07) is 10.6. The minimum absolute atomic E-state index is 0.115. The summed E-state index contributed by atoms with van der Waals surface area (Å²) in [6.45, 7) is 5.38. The summed E-state index contributed by atoms with van der Waals surface area (Å²) in [5.74, 6) is 0.957. The number of hydrogen-bond donors (Lipinski definition) is 3. The largest absolute Gasteiger partial charge is 0.395 e. The quantitative estimate of drug-likeness (QED) is 0.454. The van der Waals surface area contributed by atoms with E-state index < -0.39 is 21.4 Å². The van der Waals surface area contributed by atoms with Gasteiger partial charge in [0.25, 0.3) is 5.91 Å². The summed E-state index contributed by atoms with van der Waals surface area (Å²) in [4.78, 5) is 22.6. The summed E-state index contributed by atoms with van der Waals surface area (Å²) in [6.07, 6.45) is 5.66. The van der Waals surface area contributed by atoms with Crippen molar-refractivity contribution >= 4 is 38.9 Å². The lowest BCUT2D eigenvalue weighted by Crippen LogP contribution is -2.41. The highest BCUT2D eigenvalue weighted by atomic mass is 32.2. The molecule has 2 aliphatic heterocycles. The first-order valence-corrected chi connectivity index (χ1v) is 15.4. The number of carbonyl (C=O) groups excluding carboxylic acids is 1. The minimum Gasteiger partial charge on any atom is -0.395 e. The zero-order chi connectivity index (χ0) is 27.3. The van der Waals surface area contributed by atoms with Gasteiger partial charge in [-0.1, -0.05) is 6.07 Å². The molecule has 4 aliphatic rings. The monoisotopic (exact) mass is 555 g/mol. The van der Waals surface area contributed by atoms with Gasteiger partial charge >= 0.3 is 0 Å². The molecule has 3 N–H and O–H groups in total. The Morgan fingerprint density at radius 1 is 1.08 bits per heavy atom. The number of anilines is 4.